The van der Waals surface area contributed by atoms with Crippen molar-refractivity contribution in [1.29, 1.82) is 0 Å². The van der Waals surface area contributed by atoms with Crippen molar-refractivity contribution >= 4 is 23.5 Å². The summed E-state index contributed by atoms with van der Waals surface area (Å²) in [5.74, 6) is 0.378. The first-order valence-corrected chi connectivity index (χ1v) is 10.7. The number of aliphatic hydroxyl groups is 2. The molecular formula is C22H35NO3S. The van der Waals surface area contributed by atoms with Crippen LogP contribution in [0.2, 0.25) is 0 Å². The van der Waals surface area contributed by atoms with Crippen LogP contribution in [-0.4, -0.2) is 38.8 Å². The quantitative estimate of drug-likeness (QED) is 0.365. The summed E-state index contributed by atoms with van der Waals surface area (Å²) in [5.41, 5.74) is 0.699. The Bertz CT molecular complexity index is 588. The van der Waals surface area contributed by atoms with E-state index in [-0.39, 0.29) is 22.9 Å². The molecule has 1 aliphatic carbocycles. The van der Waals surface area contributed by atoms with Crippen LogP contribution >= 0.6 is 12.6 Å². The normalized spacial score (nSPS) is 32.3. The van der Waals surface area contributed by atoms with Gasteiger partial charge in [0.1, 0.15) is 0 Å². The number of nitrogens with zero attached hydrogens (tertiary/aromatic N) is 1. The Morgan fingerprint density at radius 2 is 2.22 bits per heavy atom. The van der Waals surface area contributed by atoms with Crippen LogP contribution < -0.4 is 0 Å². The Balaban J connectivity index is 2.02. The lowest BCUT2D eigenvalue weighted by Gasteiger charge is -2.24. The Labute approximate surface area is 169 Å². The highest BCUT2D eigenvalue weighted by Crippen LogP contribution is 2.50. The second-order valence-electron chi connectivity index (χ2n) is 8.28. The van der Waals surface area contributed by atoms with Gasteiger partial charge in [-0.3, -0.25) is 9.79 Å². The summed E-state index contributed by atoms with van der Waals surface area (Å²) in [6, 6.07) is 0. The summed E-state index contributed by atoms with van der Waals surface area (Å²) in [5, 5.41) is 20.9. The largest absolute Gasteiger partial charge is 0.392 e. The fourth-order valence-corrected chi connectivity index (χ4v) is 4.69. The average Bonchev–Trinajstić information content (AvgIpc) is 3.09. The van der Waals surface area contributed by atoms with Crippen molar-refractivity contribution in [3.8, 4) is 0 Å². The second-order valence-corrected chi connectivity index (χ2v) is 8.77. The number of unbranched alkanes of at least 4 members (excludes halogenated alkanes) is 1. The van der Waals surface area contributed by atoms with Gasteiger partial charge in [0, 0.05) is 30.4 Å². The molecule has 1 aliphatic heterocycles. The van der Waals surface area contributed by atoms with Crippen LogP contribution in [0.15, 0.2) is 29.8 Å². The Hall–Kier alpha value is -0.910. The van der Waals surface area contributed by atoms with Crippen molar-refractivity contribution in [2.45, 2.75) is 83.0 Å². The van der Waals surface area contributed by atoms with E-state index in [1.807, 2.05) is 18.2 Å². The third-order valence-corrected chi connectivity index (χ3v) is 6.47. The van der Waals surface area contributed by atoms with Crippen molar-refractivity contribution in [3.63, 3.8) is 0 Å². The summed E-state index contributed by atoms with van der Waals surface area (Å²) < 4.78 is 0. The van der Waals surface area contributed by atoms with Gasteiger partial charge in [-0.1, -0.05) is 44.9 Å². The number of aliphatic hydroxyl groups excluding tert-OH is 2. The molecule has 6 unspecified atom stereocenters. The van der Waals surface area contributed by atoms with Gasteiger partial charge >= 0.3 is 0 Å². The van der Waals surface area contributed by atoms with Gasteiger partial charge in [-0.15, -0.1) is 19.2 Å². The minimum absolute atomic E-state index is 0.0243. The fourth-order valence-electron chi connectivity index (χ4n) is 4.53. The number of rotatable bonds is 11. The van der Waals surface area contributed by atoms with Crippen LogP contribution in [-0.2, 0) is 4.79 Å². The SMILES string of the molecule is C=CC12CC(O)C(/C=C/C(O)C(C)CCCC)C1CC(CCCC(=O)S)=N2. The number of carbonyl (C=O) groups is 1. The molecule has 0 bridgehead atoms. The summed E-state index contributed by atoms with van der Waals surface area (Å²) >= 11 is 3.82. The van der Waals surface area contributed by atoms with E-state index in [9.17, 15) is 15.0 Å². The molecule has 2 N–H and O–H groups in total. The van der Waals surface area contributed by atoms with E-state index in [1.165, 1.54) is 0 Å². The zero-order chi connectivity index (χ0) is 20.0. The van der Waals surface area contributed by atoms with Gasteiger partial charge in [0.15, 0.2) is 5.12 Å². The van der Waals surface area contributed by atoms with Crippen LogP contribution in [0.3, 0.4) is 0 Å². The molecule has 2 aliphatic rings. The van der Waals surface area contributed by atoms with Crippen molar-refractivity contribution < 1.29 is 15.0 Å². The number of aliphatic imine (C=N–C) groups is 1. The molecule has 6 atom stereocenters. The topological polar surface area (TPSA) is 69.9 Å². The molecule has 0 amide bonds. The van der Waals surface area contributed by atoms with Gasteiger partial charge in [-0.05, 0) is 31.6 Å². The predicted molar refractivity (Wildman–Crippen MR) is 114 cm³/mol. The summed E-state index contributed by atoms with van der Waals surface area (Å²) in [6.45, 7) is 8.22. The van der Waals surface area contributed by atoms with E-state index < -0.39 is 17.7 Å². The lowest BCUT2D eigenvalue weighted by atomic mass is 9.82. The molecule has 0 saturated heterocycles. The smallest absolute Gasteiger partial charge is 0.185 e. The van der Waals surface area contributed by atoms with E-state index in [0.29, 0.717) is 12.8 Å². The van der Waals surface area contributed by atoms with Gasteiger partial charge in [-0.2, -0.15) is 0 Å². The summed E-state index contributed by atoms with van der Waals surface area (Å²) in [6.07, 6.45) is 11.5. The van der Waals surface area contributed by atoms with Gasteiger partial charge in [0.2, 0.25) is 0 Å². The molecule has 27 heavy (non-hydrogen) atoms. The van der Waals surface area contributed by atoms with Crippen molar-refractivity contribution in [3.05, 3.63) is 24.8 Å². The van der Waals surface area contributed by atoms with Gasteiger partial charge in [0.05, 0.1) is 17.7 Å². The van der Waals surface area contributed by atoms with E-state index in [0.717, 1.165) is 44.2 Å². The minimum Gasteiger partial charge on any atom is -0.392 e. The van der Waals surface area contributed by atoms with Crippen molar-refractivity contribution in [2.75, 3.05) is 0 Å². The Kier molecular flexibility index (Phi) is 8.32. The second kappa shape index (κ2) is 10.0. The first-order valence-electron chi connectivity index (χ1n) is 10.3. The molecule has 1 fully saturated rings. The Morgan fingerprint density at radius 1 is 1.48 bits per heavy atom. The van der Waals surface area contributed by atoms with Crippen LogP contribution in [0, 0.1) is 17.8 Å². The molecular weight excluding hydrogens is 358 g/mol. The lowest BCUT2D eigenvalue weighted by molar-refractivity contribution is -0.110. The zero-order valence-corrected chi connectivity index (χ0v) is 17.6. The zero-order valence-electron chi connectivity index (χ0n) is 16.7. The molecule has 1 heterocycles. The van der Waals surface area contributed by atoms with E-state index in [4.69, 9.17) is 4.99 Å². The highest BCUT2D eigenvalue weighted by Gasteiger charge is 2.53. The molecule has 0 aromatic rings. The number of hydrogen-bond acceptors (Lipinski definition) is 4. The maximum atomic E-state index is 11.0. The highest BCUT2D eigenvalue weighted by molar-refractivity contribution is 7.96. The number of fused-ring (bicyclic) bond motifs is 1. The minimum atomic E-state index is -0.481. The lowest BCUT2D eigenvalue weighted by Crippen LogP contribution is -2.26. The monoisotopic (exact) mass is 393 g/mol. The standard InChI is InChI=1S/C22H35NO3S/c1-4-6-8-15(3)19(24)12-11-17-18-13-16(9-7-10-21(26)27)23-22(18,5-2)14-20(17)25/h5,11-12,15,17-20,24-25H,2,4,6-10,13-14H2,1,3H3,(H,26,27)/b12-11+. The third kappa shape index (κ3) is 5.55. The van der Waals surface area contributed by atoms with E-state index >= 15 is 0 Å². The van der Waals surface area contributed by atoms with E-state index in [2.05, 4.69) is 33.1 Å². The molecule has 0 aromatic heterocycles. The summed E-state index contributed by atoms with van der Waals surface area (Å²) in [4.78, 5) is 15.9. The molecule has 0 radical (unpaired) electrons. The molecule has 4 nitrogen and oxygen atoms in total. The number of hydrogen-bond donors (Lipinski definition) is 3. The predicted octanol–water partition coefficient (Wildman–Crippen LogP) is 4.12. The first-order chi connectivity index (χ1) is 12.8. The third-order valence-electron chi connectivity index (χ3n) is 6.24. The number of carbonyl (C=O) groups excluding carboxylic acids is 1. The van der Waals surface area contributed by atoms with Crippen molar-refractivity contribution in [1.82, 2.24) is 0 Å². The van der Waals surface area contributed by atoms with Crippen molar-refractivity contribution in [2.24, 2.45) is 22.7 Å². The maximum Gasteiger partial charge on any atom is 0.185 e. The molecule has 152 valence electrons. The fraction of sp³-hybridized carbons (Fsp3) is 0.727. The van der Waals surface area contributed by atoms with Crippen LogP contribution in [0.25, 0.3) is 0 Å². The molecule has 0 aromatic carbocycles. The number of thiol groups is 1. The van der Waals surface area contributed by atoms with Gasteiger partial charge in [-0.25, -0.2) is 0 Å². The molecule has 1 saturated carbocycles. The van der Waals surface area contributed by atoms with E-state index in [1.54, 1.807) is 0 Å². The van der Waals surface area contributed by atoms with Crippen LogP contribution in [0.4, 0.5) is 0 Å². The average molecular weight is 394 g/mol. The maximum absolute atomic E-state index is 11.0. The summed E-state index contributed by atoms with van der Waals surface area (Å²) in [7, 11) is 0. The Morgan fingerprint density at radius 3 is 2.85 bits per heavy atom. The van der Waals surface area contributed by atoms with Crippen LogP contribution in [0.5, 0.6) is 0 Å². The van der Waals surface area contributed by atoms with Crippen LogP contribution in [0.1, 0.15) is 65.2 Å². The first kappa shape index (κ1) is 22.4. The highest BCUT2D eigenvalue weighted by atomic mass is 32.1. The molecule has 2 rings (SSSR count). The molecule has 5 heteroatoms. The van der Waals surface area contributed by atoms with Gasteiger partial charge in [0.25, 0.3) is 0 Å². The van der Waals surface area contributed by atoms with Gasteiger partial charge < -0.3 is 10.2 Å². The molecule has 0 spiro atoms.